The smallest absolute Gasteiger partial charge is 0.294 e. The zero-order valence-corrected chi connectivity index (χ0v) is 17.1. The van der Waals surface area contributed by atoms with E-state index in [0.717, 1.165) is 31.4 Å². The zero-order valence-electron chi connectivity index (χ0n) is 17.1. The van der Waals surface area contributed by atoms with Gasteiger partial charge in [0.05, 0.1) is 11.1 Å². The molecule has 2 aromatic heterocycles. The van der Waals surface area contributed by atoms with Gasteiger partial charge >= 0.3 is 0 Å². The molecule has 3 aromatic rings. The molecule has 10 nitrogen and oxygen atoms in total. The van der Waals surface area contributed by atoms with E-state index in [1.807, 2.05) is 6.92 Å². The lowest BCUT2D eigenvalue weighted by atomic mass is 10.0. The lowest BCUT2D eigenvalue weighted by Gasteiger charge is -2.26. The number of allylic oxidation sites excluding steroid dienone is 2. The average molecular weight is 422 g/mol. The van der Waals surface area contributed by atoms with Crippen LogP contribution in [0.3, 0.4) is 0 Å². The normalized spacial score (nSPS) is 13.8. The van der Waals surface area contributed by atoms with Crippen molar-refractivity contribution in [3.05, 3.63) is 69.0 Å². The summed E-state index contributed by atoms with van der Waals surface area (Å²) in [4.78, 5) is 42.7. The van der Waals surface area contributed by atoms with Crippen molar-refractivity contribution in [3.63, 3.8) is 0 Å². The maximum Gasteiger partial charge on any atom is 0.294 e. The molecule has 0 saturated heterocycles. The first-order valence-electron chi connectivity index (χ1n) is 10.2. The minimum Gasteiger partial charge on any atom is -0.315 e. The van der Waals surface area contributed by atoms with E-state index >= 15 is 0 Å². The van der Waals surface area contributed by atoms with Crippen molar-refractivity contribution in [1.82, 2.24) is 24.2 Å². The van der Waals surface area contributed by atoms with Gasteiger partial charge in [0, 0.05) is 18.3 Å². The molecule has 2 heterocycles. The Balaban J connectivity index is 1.67. The summed E-state index contributed by atoms with van der Waals surface area (Å²) in [5.41, 5.74) is 0.852. The second kappa shape index (κ2) is 8.50. The number of rotatable bonds is 6. The molecule has 0 unspecified atom stereocenters. The van der Waals surface area contributed by atoms with Crippen LogP contribution >= 0.6 is 0 Å². The van der Waals surface area contributed by atoms with Crippen molar-refractivity contribution >= 4 is 22.6 Å². The maximum atomic E-state index is 13.0. The van der Waals surface area contributed by atoms with E-state index in [2.05, 4.69) is 16.2 Å². The Morgan fingerprint density at radius 3 is 2.81 bits per heavy atom. The molecular weight excluding hydrogens is 400 g/mol. The van der Waals surface area contributed by atoms with Crippen LogP contribution in [0.4, 0.5) is 5.69 Å². The van der Waals surface area contributed by atoms with Gasteiger partial charge in [-0.3, -0.25) is 24.3 Å². The van der Waals surface area contributed by atoms with E-state index in [-0.39, 0.29) is 34.9 Å². The Bertz CT molecular complexity index is 1240. The molecule has 1 amide bonds. The summed E-state index contributed by atoms with van der Waals surface area (Å²) in [6.07, 6.45) is 8.69. The van der Waals surface area contributed by atoms with Gasteiger partial charge in [0.15, 0.2) is 5.65 Å². The largest absolute Gasteiger partial charge is 0.315 e. The highest BCUT2D eigenvalue weighted by Gasteiger charge is 2.21. The molecule has 0 radical (unpaired) electrons. The Morgan fingerprint density at radius 2 is 2.10 bits per heavy atom. The van der Waals surface area contributed by atoms with Crippen LogP contribution in [0, 0.1) is 10.1 Å². The van der Waals surface area contributed by atoms with E-state index in [0.29, 0.717) is 6.54 Å². The number of amides is 1. The summed E-state index contributed by atoms with van der Waals surface area (Å²) in [7, 11) is 0. The van der Waals surface area contributed by atoms with Crippen molar-refractivity contribution in [3.8, 4) is 5.69 Å². The molecule has 0 N–H and O–H groups in total. The molecule has 160 valence electrons. The molecular formula is C21H22N6O4. The number of aromatic nitrogens is 4. The number of para-hydroxylation sites is 2. The minimum absolute atomic E-state index is 0.135. The number of fused-ring (bicyclic) bond motifs is 1. The first-order valence-corrected chi connectivity index (χ1v) is 10.2. The Kier molecular flexibility index (Phi) is 5.61. The number of benzene rings is 1. The quantitative estimate of drug-likeness (QED) is 0.445. The molecule has 1 aliphatic carbocycles. The Labute approximate surface area is 177 Å². The van der Waals surface area contributed by atoms with Gasteiger partial charge in [0.1, 0.15) is 23.9 Å². The third-order valence-corrected chi connectivity index (χ3v) is 5.40. The number of nitro benzene ring substituents is 1. The van der Waals surface area contributed by atoms with Crippen molar-refractivity contribution in [2.75, 3.05) is 6.54 Å². The van der Waals surface area contributed by atoms with E-state index in [9.17, 15) is 19.7 Å². The van der Waals surface area contributed by atoms with Gasteiger partial charge in [-0.2, -0.15) is 5.10 Å². The van der Waals surface area contributed by atoms with Crippen LogP contribution in [-0.2, 0) is 11.3 Å². The van der Waals surface area contributed by atoms with Gasteiger partial charge in [-0.25, -0.2) is 9.67 Å². The zero-order chi connectivity index (χ0) is 22.0. The summed E-state index contributed by atoms with van der Waals surface area (Å²) >= 11 is 0. The van der Waals surface area contributed by atoms with Gasteiger partial charge in [-0.1, -0.05) is 18.2 Å². The highest BCUT2D eigenvalue weighted by molar-refractivity contribution is 5.79. The van der Waals surface area contributed by atoms with Gasteiger partial charge < -0.3 is 4.90 Å². The third-order valence-electron chi connectivity index (χ3n) is 5.40. The average Bonchev–Trinajstić information content (AvgIpc) is 3.21. The highest BCUT2D eigenvalue weighted by atomic mass is 16.6. The molecule has 10 heteroatoms. The van der Waals surface area contributed by atoms with Crippen molar-refractivity contribution in [2.45, 2.75) is 39.2 Å². The summed E-state index contributed by atoms with van der Waals surface area (Å²) in [5, 5.41) is 15.7. The fourth-order valence-corrected chi connectivity index (χ4v) is 3.87. The van der Waals surface area contributed by atoms with Crippen molar-refractivity contribution < 1.29 is 9.72 Å². The van der Waals surface area contributed by atoms with E-state index in [1.165, 1.54) is 27.8 Å². The molecule has 0 bridgehead atoms. The van der Waals surface area contributed by atoms with Crippen LogP contribution < -0.4 is 5.56 Å². The molecule has 1 aliphatic rings. The summed E-state index contributed by atoms with van der Waals surface area (Å²) in [6, 6.07) is 6.11. The molecule has 0 atom stereocenters. The lowest BCUT2D eigenvalue weighted by Crippen LogP contribution is -2.36. The third kappa shape index (κ3) is 3.83. The van der Waals surface area contributed by atoms with Crippen LogP contribution in [0.1, 0.15) is 32.6 Å². The predicted molar refractivity (Wildman–Crippen MR) is 114 cm³/mol. The highest BCUT2D eigenvalue weighted by Crippen LogP contribution is 2.24. The number of hydrogen-bond donors (Lipinski definition) is 0. The lowest BCUT2D eigenvalue weighted by molar-refractivity contribution is -0.384. The molecule has 31 heavy (non-hydrogen) atoms. The number of carbonyl (C=O) groups is 1. The molecule has 0 spiro atoms. The maximum absolute atomic E-state index is 13.0. The molecule has 4 rings (SSSR count). The van der Waals surface area contributed by atoms with Gasteiger partial charge in [0.2, 0.25) is 5.91 Å². The van der Waals surface area contributed by atoms with Crippen molar-refractivity contribution in [1.29, 1.82) is 0 Å². The van der Waals surface area contributed by atoms with Crippen LogP contribution in [0.2, 0.25) is 0 Å². The number of carbonyl (C=O) groups excluding carboxylic acids is 1. The minimum atomic E-state index is -0.512. The number of likely N-dealkylation sites (N-methyl/N-ethyl adjacent to an activating group) is 1. The fraction of sp³-hybridized carbons (Fsp3) is 0.333. The van der Waals surface area contributed by atoms with Crippen LogP contribution in [0.15, 0.2) is 53.4 Å². The Morgan fingerprint density at radius 1 is 1.29 bits per heavy atom. The van der Waals surface area contributed by atoms with Crippen LogP contribution in [-0.4, -0.2) is 41.6 Å². The number of nitro groups is 1. The first kappa shape index (κ1) is 20.5. The van der Waals surface area contributed by atoms with E-state index < -0.39 is 10.5 Å². The van der Waals surface area contributed by atoms with Gasteiger partial charge in [-0.15, -0.1) is 0 Å². The van der Waals surface area contributed by atoms with Gasteiger partial charge in [-0.05, 0) is 38.7 Å². The summed E-state index contributed by atoms with van der Waals surface area (Å²) in [6.45, 7) is 2.31. The number of nitrogens with zero attached hydrogens (tertiary/aromatic N) is 6. The fourth-order valence-electron chi connectivity index (χ4n) is 3.87. The predicted octanol–water partition coefficient (Wildman–Crippen LogP) is 2.80. The topological polar surface area (TPSA) is 116 Å². The number of hydrogen-bond acceptors (Lipinski definition) is 6. The monoisotopic (exact) mass is 422 g/mol. The first-order chi connectivity index (χ1) is 15.0. The SMILES string of the molecule is CCN(C(=O)Cn1cnc2c(cnn2-c2ccccc2[N+](=O)[O-])c1=O)C1=CCCCC1. The standard InChI is InChI=1S/C21H22N6O4/c1-2-25(15-8-4-3-5-9-15)19(28)13-24-14-22-20-16(21(24)29)12-23-26(20)17-10-6-7-11-18(17)27(30)31/h6-8,10-12,14H,2-5,9,13H2,1H3. The summed E-state index contributed by atoms with van der Waals surface area (Å²) in [5.74, 6) is -0.176. The second-order valence-corrected chi connectivity index (χ2v) is 7.30. The molecule has 0 fully saturated rings. The van der Waals surface area contributed by atoms with E-state index in [1.54, 1.807) is 23.1 Å². The molecule has 0 aliphatic heterocycles. The van der Waals surface area contributed by atoms with Crippen molar-refractivity contribution in [2.24, 2.45) is 0 Å². The summed E-state index contributed by atoms with van der Waals surface area (Å²) < 4.78 is 2.52. The van der Waals surface area contributed by atoms with Crippen LogP contribution in [0.25, 0.3) is 16.7 Å². The molecule has 0 saturated carbocycles. The van der Waals surface area contributed by atoms with Gasteiger partial charge in [0.25, 0.3) is 11.2 Å². The molecule has 1 aromatic carbocycles. The second-order valence-electron chi connectivity index (χ2n) is 7.30. The van der Waals surface area contributed by atoms with Crippen LogP contribution in [0.5, 0.6) is 0 Å². The van der Waals surface area contributed by atoms with E-state index in [4.69, 9.17) is 0 Å². The Hall–Kier alpha value is -3.82.